The van der Waals surface area contributed by atoms with Crippen molar-refractivity contribution in [3.63, 3.8) is 0 Å². The van der Waals surface area contributed by atoms with E-state index in [1.807, 2.05) is 13.0 Å². The molecule has 40 valence electrons. The van der Waals surface area contributed by atoms with Gasteiger partial charge >= 0.3 is 0 Å². The van der Waals surface area contributed by atoms with Crippen LogP contribution in [-0.4, -0.2) is 4.86 Å². The van der Waals surface area contributed by atoms with E-state index in [4.69, 9.17) is 12.2 Å². The molecule has 0 heterocycles. The fourth-order valence-electron chi connectivity index (χ4n) is 0.284. The van der Waals surface area contributed by atoms with Crippen molar-refractivity contribution in [2.75, 3.05) is 0 Å². The lowest BCUT2D eigenvalue weighted by molar-refractivity contribution is 1.23. The quantitative estimate of drug-likeness (QED) is 0.392. The minimum Gasteiger partial charge on any atom is -0.0852 e. The molecule has 0 saturated carbocycles. The van der Waals surface area contributed by atoms with Gasteiger partial charge in [-0.25, -0.2) is 0 Å². The molecule has 0 unspecified atom stereocenters. The number of rotatable bonds is 2. The molecule has 0 amide bonds. The van der Waals surface area contributed by atoms with E-state index in [0.717, 1.165) is 11.3 Å². The van der Waals surface area contributed by atoms with E-state index in [1.165, 1.54) is 0 Å². The van der Waals surface area contributed by atoms with Crippen molar-refractivity contribution in [3.8, 4) is 0 Å². The van der Waals surface area contributed by atoms with Gasteiger partial charge in [-0.15, -0.1) is 0 Å². The summed E-state index contributed by atoms with van der Waals surface area (Å²) in [6.45, 7) is 4.01. The van der Waals surface area contributed by atoms with Crippen molar-refractivity contribution in [1.29, 1.82) is 0 Å². The van der Waals surface area contributed by atoms with Gasteiger partial charge in [-0.1, -0.05) is 31.3 Å². The van der Waals surface area contributed by atoms with Crippen LogP contribution < -0.4 is 0 Å². The van der Waals surface area contributed by atoms with Crippen molar-refractivity contribution in [2.45, 2.75) is 20.3 Å². The largest absolute Gasteiger partial charge is 0.0852 e. The first-order chi connectivity index (χ1) is 3.27. The zero-order valence-electron chi connectivity index (χ0n) is 4.77. The Labute approximate surface area is 50.2 Å². The summed E-state index contributed by atoms with van der Waals surface area (Å²) in [5, 5.41) is 0. The SMILES string of the molecule is CC/C=C/C(C)=S. The van der Waals surface area contributed by atoms with Crippen molar-refractivity contribution < 1.29 is 0 Å². The molecule has 0 fully saturated rings. The molecule has 0 aliphatic heterocycles. The lowest BCUT2D eigenvalue weighted by Gasteiger charge is -1.77. The highest BCUT2D eigenvalue weighted by atomic mass is 32.1. The van der Waals surface area contributed by atoms with Gasteiger partial charge in [-0.3, -0.25) is 0 Å². The summed E-state index contributed by atoms with van der Waals surface area (Å²) in [5.74, 6) is 0. The summed E-state index contributed by atoms with van der Waals surface area (Å²) >= 11 is 4.77. The Morgan fingerprint density at radius 2 is 2.29 bits per heavy atom. The Bertz CT molecular complexity index is 82.2. The molecule has 0 N–H and O–H groups in total. The second kappa shape index (κ2) is 4.00. The number of hydrogen-bond acceptors (Lipinski definition) is 1. The van der Waals surface area contributed by atoms with Gasteiger partial charge in [-0.05, 0) is 13.3 Å². The maximum Gasteiger partial charge on any atom is 0.0118 e. The van der Waals surface area contributed by atoms with Gasteiger partial charge in [-0.2, -0.15) is 0 Å². The molecule has 0 saturated heterocycles. The normalized spacial score (nSPS) is 10.0. The molecule has 0 atom stereocenters. The van der Waals surface area contributed by atoms with Crippen LogP contribution in [0.25, 0.3) is 0 Å². The van der Waals surface area contributed by atoms with Gasteiger partial charge in [0.05, 0.1) is 0 Å². The van der Waals surface area contributed by atoms with E-state index < -0.39 is 0 Å². The zero-order valence-corrected chi connectivity index (χ0v) is 5.59. The van der Waals surface area contributed by atoms with Gasteiger partial charge in [0.25, 0.3) is 0 Å². The molecule has 0 aromatic rings. The predicted octanol–water partition coefficient (Wildman–Crippen LogP) is 2.34. The summed E-state index contributed by atoms with van der Waals surface area (Å²) < 4.78 is 0. The molecule has 0 spiro atoms. The number of allylic oxidation sites excluding steroid dienone is 2. The number of hydrogen-bond donors (Lipinski definition) is 0. The van der Waals surface area contributed by atoms with Crippen LogP contribution in [0.5, 0.6) is 0 Å². The molecule has 7 heavy (non-hydrogen) atoms. The van der Waals surface area contributed by atoms with Crippen LogP contribution in [0.3, 0.4) is 0 Å². The highest BCUT2D eigenvalue weighted by Crippen LogP contribution is 1.81. The Hall–Kier alpha value is -0.170. The number of thiocarbonyl (C=S) groups is 1. The van der Waals surface area contributed by atoms with E-state index in [0.29, 0.717) is 0 Å². The lowest BCUT2D eigenvalue weighted by Crippen LogP contribution is -1.72. The van der Waals surface area contributed by atoms with Gasteiger partial charge in [0.1, 0.15) is 0 Å². The van der Waals surface area contributed by atoms with E-state index in [-0.39, 0.29) is 0 Å². The molecule has 1 heteroatoms. The summed E-state index contributed by atoms with van der Waals surface area (Å²) in [6.07, 6.45) is 5.09. The van der Waals surface area contributed by atoms with Crippen molar-refractivity contribution in [3.05, 3.63) is 12.2 Å². The van der Waals surface area contributed by atoms with E-state index >= 15 is 0 Å². The lowest BCUT2D eigenvalue weighted by atomic mass is 10.4. The Morgan fingerprint density at radius 1 is 1.71 bits per heavy atom. The fourth-order valence-corrected chi connectivity index (χ4v) is 0.380. The summed E-state index contributed by atoms with van der Waals surface area (Å²) in [4.78, 5) is 0.960. The monoisotopic (exact) mass is 114 g/mol. The molecule has 0 nitrogen and oxygen atoms in total. The van der Waals surface area contributed by atoms with Crippen LogP contribution in [0.4, 0.5) is 0 Å². The van der Waals surface area contributed by atoms with E-state index in [9.17, 15) is 0 Å². The first kappa shape index (κ1) is 6.83. The van der Waals surface area contributed by atoms with Crippen molar-refractivity contribution >= 4 is 17.1 Å². The summed E-state index contributed by atoms with van der Waals surface area (Å²) in [5.41, 5.74) is 0. The Balaban J connectivity index is 3.26. The average molecular weight is 114 g/mol. The van der Waals surface area contributed by atoms with Crippen LogP contribution >= 0.6 is 12.2 Å². The fraction of sp³-hybridized carbons (Fsp3) is 0.500. The van der Waals surface area contributed by atoms with Crippen LogP contribution in [0.1, 0.15) is 20.3 Å². The minimum atomic E-state index is 0.960. The standard InChI is InChI=1S/C6H10S/c1-3-4-5-6(2)7/h4-5H,3H2,1-2H3/b5-4+. The summed E-state index contributed by atoms with van der Waals surface area (Å²) in [7, 11) is 0. The van der Waals surface area contributed by atoms with Gasteiger partial charge < -0.3 is 0 Å². The van der Waals surface area contributed by atoms with Crippen molar-refractivity contribution in [2.24, 2.45) is 0 Å². The second-order valence-corrected chi connectivity index (χ2v) is 2.07. The first-order valence-electron chi connectivity index (χ1n) is 2.44. The molecule has 0 rings (SSSR count). The van der Waals surface area contributed by atoms with Crippen LogP contribution in [-0.2, 0) is 0 Å². The first-order valence-corrected chi connectivity index (χ1v) is 2.85. The van der Waals surface area contributed by atoms with E-state index in [1.54, 1.807) is 0 Å². The molecular weight excluding hydrogens is 104 g/mol. The van der Waals surface area contributed by atoms with Gasteiger partial charge in [0.15, 0.2) is 0 Å². The maximum atomic E-state index is 4.77. The van der Waals surface area contributed by atoms with Crippen LogP contribution in [0, 0.1) is 0 Å². The smallest absolute Gasteiger partial charge is 0.0118 e. The molecular formula is C6H10S. The van der Waals surface area contributed by atoms with Crippen molar-refractivity contribution in [1.82, 2.24) is 0 Å². The highest BCUT2D eigenvalue weighted by Gasteiger charge is 1.70. The Morgan fingerprint density at radius 3 is 2.43 bits per heavy atom. The van der Waals surface area contributed by atoms with Crippen LogP contribution in [0.15, 0.2) is 12.2 Å². The highest BCUT2D eigenvalue weighted by molar-refractivity contribution is 7.80. The topological polar surface area (TPSA) is 0 Å². The maximum absolute atomic E-state index is 4.77. The summed E-state index contributed by atoms with van der Waals surface area (Å²) in [6, 6.07) is 0. The third-order valence-electron chi connectivity index (χ3n) is 0.588. The molecule has 0 aliphatic rings. The zero-order chi connectivity index (χ0) is 5.70. The average Bonchev–Trinajstić information content (AvgIpc) is 1.61. The molecule has 0 bridgehead atoms. The van der Waals surface area contributed by atoms with E-state index in [2.05, 4.69) is 13.0 Å². The van der Waals surface area contributed by atoms with Crippen LogP contribution in [0.2, 0.25) is 0 Å². The third kappa shape index (κ3) is 5.83. The molecule has 0 aromatic heterocycles. The second-order valence-electron chi connectivity index (χ2n) is 1.42. The molecule has 0 aliphatic carbocycles. The Kier molecular flexibility index (Phi) is 3.90. The van der Waals surface area contributed by atoms with Gasteiger partial charge in [0.2, 0.25) is 0 Å². The minimum absolute atomic E-state index is 0.960. The third-order valence-corrected chi connectivity index (χ3v) is 0.724. The molecule has 0 aromatic carbocycles. The molecule has 0 radical (unpaired) electrons. The predicted molar refractivity (Wildman–Crippen MR) is 37.7 cm³/mol. The van der Waals surface area contributed by atoms with Gasteiger partial charge in [0, 0.05) is 4.86 Å².